The molecule has 0 spiro atoms. The van der Waals surface area contributed by atoms with Crippen molar-refractivity contribution >= 4 is 11.5 Å². The highest BCUT2D eigenvalue weighted by Gasteiger charge is 2.27. The van der Waals surface area contributed by atoms with Gasteiger partial charge >= 0.3 is 0 Å². The molecule has 1 unspecified atom stereocenters. The molecule has 1 aliphatic heterocycles. The Balaban J connectivity index is 2.30. The summed E-state index contributed by atoms with van der Waals surface area (Å²) < 4.78 is 0. The first kappa shape index (κ1) is 10.8. The van der Waals surface area contributed by atoms with Crippen LogP contribution in [-0.2, 0) is 6.42 Å². The zero-order valence-electron chi connectivity index (χ0n) is 9.43. The fourth-order valence-corrected chi connectivity index (χ4v) is 2.34. The number of hydrogen-bond donors (Lipinski definition) is 2. The zero-order chi connectivity index (χ0) is 11.5. The van der Waals surface area contributed by atoms with Crippen LogP contribution in [-0.4, -0.2) is 23.6 Å². The fourth-order valence-electron chi connectivity index (χ4n) is 2.34. The van der Waals surface area contributed by atoms with Gasteiger partial charge in [-0.05, 0) is 24.5 Å². The quantitative estimate of drug-likeness (QED) is 0.351. The first-order valence-corrected chi connectivity index (χ1v) is 5.60. The summed E-state index contributed by atoms with van der Waals surface area (Å²) in [4.78, 5) is 2.21. The van der Waals surface area contributed by atoms with Crippen molar-refractivity contribution in [1.29, 1.82) is 0 Å². The van der Waals surface area contributed by atoms with E-state index in [0.717, 1.165) is 19.4 Å². The number of benzene rings is 1. The Bertz CT molecular complexity index is 403. The molecule has 1 atom stereocenters. The van der Waals surface area contributed by atoms with Crippen LogP contribution in [0.5, 0.6) is 0 Å². The molecule has 4 heteroatoms. The standard InChI is InChI=1S/C12H17N3O/c1-2-10(12(13)14-16)15-8-7-9-5-3-4-6-11(9)15/h3-6,10,16H,2,7-8H2,1H3,(H2,13,14). The van der Waals surface area contributed by atoms with Crippen LogP contribution >= 0.6 is 0 Å². The number of rotatable bonds is 3. The summed E-state index contributed by atoms with van der Waals surface area (Å²) >= 11 is 0. The summed E-state index contributed by atoms with van der Waals surface area (Å²) in [7, 11) is 0. The van der Waals surface area contributed by atoms with Gasteiger partial charge in [0.2, 0.25) is 0 Å². The SMILES string of the molecule is CCC(C(N)=NO)N1CCc2ccccc21. The van der Waals surface area contributed by atoms with E-state index < -0.39 is 0 Å². The van der Waals surface area contributed by atoms with E-state index in [0.29, 0.717) is 5.84 Å². The molecule has 86 valence electrons. The predicted molar refractivity (Wildman–Crippen MR) is 65.0 cm³/mol. The Kier molecular flexibility index (Phi) is 2.99. The van der Waals surface area contributed by atoms with Crippen molar-refractivity contribution in [2.45, 2.75) is 25.8 Å². The van der Waals surface area contributed by atoms with E-state index in [1.165, 1.54) is 11.3 Å². The highest BCUT2D eigenvalue weighted by molar-refractivity contribution is 5.89. The summed E-state index contributed by atoms with van der Waals surface area (Å²) in [6, 6.07) is 8.29. The highest BCUT2D eigenvalue weighted by Crippen LogP contribution is 2.29. The first-order valence-electron chi connectivity index (χ1n) is 5.60. The molecule has 0 aliphatic carbocycles. The number of nitrogens with two attached hydrogens (primary N) is 1. The highest BCUT2D eigenvalue weighted by atomic mass is 16.4. The molecular weight excluding hydrogens is 202 g/mol. The normalized spacial score (nSPS) is 17.3. The number of oxime groups is 1. The van der Waals surface area contributed by atoms with Crippen LogP contribution in [0.15, 0.2) is 29.4 Å². The number of para-hydroxylation sites is 1. The second-order valence-electron chi connectivity index (χ2n) is 4.02. The van der Waals surface area contributed by atoms with Gasteiger partial charge in [0.1, 0.15) is 0 Å². The number of fused-ring (bicyclic) bond motifs is 1. The van der Waals surface area contributed by atoms with Gasteiger partial charge in [-0.1, -0.05) is 30.3 Å². The van der Waals surface area contributed by atoms with Crippen LogP contribution < -0.4 is 10.6 Å². The van der Waals surface area contributed by atoms with Gasteiger partial charge in [0.15, 0.2) is 5.84 Å². The molecule has 0 amide bonds. The molecule has 1 aromatic carbocycles. The molecule has 16 heavy (non-hydrogen) atoms. The van der Waals surface area contributed by atoms with E-state index in [1.807, 2.05) is 19.1 Å². The Hall–Kier alpha value is -1.71. The minimum Gasteiger partial charge on any atom is -0.409 e. The minimum atomic E-state index is -0.00588. The smallest absolute Gasteiger partial charge is 0.161 e. The van der Waals surface area contributed by atoms with Gasteiger partial charge in [-0.25, -0.2) is 0 Å². The maximum Gasteiger partial charge on any atom is 0.161 e. The summed E-state index contributed by atoms with van der Waals surface area (Å²) in [6.07, 6.45) is 1.87. The van der Waals surface area contributed by atoms with Crippen LogP contribution in [0.4, 0.5) is 5.69 Å². The summed E-state index contributed by atoms with van der Waals surface area (Å²) in [5, 5.41) is 11.9. The van der Waals surface area contributed by atoms with Gasteiger partial charge in [-0.2, -0.15) is 0 Å². The average Bonchev–Trinajstić information content (AvgIpc) is 2.74. The Morgan fingerprint density at radius 3 is 3.00 bits per heavy atom. The van der Waals surface area contributed by atoms with Crippen LogP contribution in [0.1, 0.15) is 18.9 Å². The van der Waals surface area contributed by atoms with Gasteiger partial charge in [-0.15, -0.1) is 0 Å². The predicted octanol–water partition coefficient (Wildman–Crippen LogP) is 1.57. The molecule has 0 saturated heterocycles. The van der Waals surface area contributed by atoms with E-state index in [9.17, 15) is 0 Å². The molecule has 1 aliphatic rings. The average molecular weight is 219 g/mol. The van der Waals surface area contributed by atoms with Gasteiger partial charge in [0.25, 0.3) is 0 Å². The molecule has 0 aromatic heterocycles. The summed E-state index contributed by atoms with van der Waals surface area (Å²) in [5.41, 5.74) is 8.27. The van der Waals surface area contributed by atoms with Crippen molar-refractivity contribution in [3.05, 3.63) is 29.8 Å². The van der Waals surface area contributed by atoms with Crippen molar-refractivity contribution in [2.75, 3.05) is 11.4 Å². The van der Waals surface area contributed by atoms with Gasteiger partial charge in [0, 0.05) is 12.2 Å². The van der Waals surface area contributed by atoms with E-state index in [1.54, 1.807) is 0 Å². The third kappa shape index (κ3) is 1.71. The summed E-state index contributed by atoms with van der Waals surface area (Å²) in [6.45, 7) is 2.98. The van der Waals surface area contributed by atoms with E-state index in [4.69, 9.17) is 10.9 Å². The van der Waals surface area contributed by atoms with Crippen molar-refractivity contribution in [1.82, 2.24) is 0 Å². The van der Waals surface area contributed by atoms with Crippen molar-refractivity contribution in [2.24, 2.45) is 10.9 Å². The molecule has 4 nitrogen and oxygen atoms in total. The lowest BCUT2D eigenvalue weighted by atomic mass is 10.1. The lowest BCUT2D eigenvalue weighted by Gasteiger charge is -2.28. The van der Waals surface area contributed by atoms with Gasteiger partial charge in [0.05, 0.1) is 6.04 Å². The molecule has 0 saturated carbocycles. The molecule has 0 fully saturated rings. The maximum absolute atomic E-state index is 8.78. The van der Waals surface area contributed by atoms with Crippen molar-refractivity contribution < 1.29 is 5.21 Å². The topological polar surface area (TPSA) is 61.9 Å². The lowest BCUT2D eigenvalue weighted by molar-refractivity contribution is 0.315. The second kappa shape index (κ2) is 4.43. The van der Waals surface area contributed by atoms with E-state index >= 15 is 0 Å². The monoisotopic (exact) mass is 219 g/mol. The van der Waals surface area contributed by atoms with E-state index in [-0.39, 0.29) is 6.04 Å². The zero-order valence-corrected chi connectivity index (χ0v) is 9.43. The van der Waals surface area contributed by atoms with Crippen molar-refractivity contribution in [3.63, 3.8) is 0 Å². The molecule has 0 radical (unpaired) electrons. The molecule has 0 bridgehead atoms. The van der Waals surface area contributed by atoms with Crippen LogP contribution in [0.2, 0.25) is 0 Å². The number of nitrogens with zero attached hydrogens (tertiary/aromatic N) is 2. The molecule has 2 rings (SSSR count). The third-order valence-corrected chi connectivity index (χ3v) is 3.14. The third-order valence-electron chi connectivity index (χ3n) is 3.14. The second-order valence-corrected chi connectivity index (χ2v) is 4.02. The fraction of sp³-hybridized carbons (Fsp3) is 0.417. The molecule has 3 N–H and O–H groups in total. The number of anilines is 1. The van der Waals surface area contributed by atoms with Gasteiger partial charge < -0.3 is 15.8 Å². The maximum atomic E-state index is 8.78. The Labute approximate surface area is 95.4 Å². The minimum absolute atomic E-state index is 0.00588. The molecular formula is C12H17N3O. The lowest BCUT2D eigenvalue weighted by Crippen LogP contribution is -2.43. The Morgan fingerprint density at radius 2 is 2.31 bits per heavy atom. The first-order chi connectivity index (χ1) is 7.77. The summed E-state index contributed by atoms with van der Waals surface area (Å²) in [5.74, 6) is 0.291. The van der Waals surface area contributed by atoms with Crippen LogP contribution in [0, 0.1) is 0 Å². The molecule has 1 heterocycles. The van der Waals surface area contributed by atoms with Crippen molar-refractivity contribution in [3.8, 4) is 0 Å². The van der Waals surface area contributed by atoms with Crippen LogP contribution in [0.25, 0.3) is 0 Å². The van der Waals surface area contributed by atoms with Gasteiger partial charge in [-0.3, -0.25) is 0 Å². The largest absolute Gasteiger partial charge is 0.409 e. The number of hydrogen-bond acceptors (Lipinski definition) is 3. The molecule has 1 aromatic rings. The van der Waals surface area contributed by atoms with E-state index in [2.05, 4.69) is 22.2 Å². The number of amidine groups is 1. The Morgan fingerprint density at radius 1 is 1.56 bits per heavy atom. The van der Waals surface area contributed by atoms with Crippen LogP contribution in [0.3, 0.4) is 0 Å².